The van der Waals surface area contributed by atoms with Crippen molar-refractivity contribution in [1.82, 2.24) is 9.55 Å². The molecule has 0 N–H and O–H groups in total. The SMILES string of the molecule is Cn1c(CCc2ccc(C#N)cc2)nc2cc(C(=O)N(CCCC(=O)OC(C)(C)C)c3ccccc3)ccc21. The van der Waals surface area contributed by atoms with Gasteiger partial charge in [0.1, 0.15) is 11.4 Å². The van der Waals surface area contributed by atoms with Crippen LogP contribution in [0.15, 0.2) is 72.8 Å². The number of imidazole rings is 1. The molecule has 200 valence electrons. The Balaban J connectivity index is 1.51. The lowest BCUT2D eigenvalue weighted by Crippen LogP contribution is -2.32. The van der Waals surface area contributed by atoms with Crippen LogP contribution in [0.2, 0.25) is 0 Å². The van der Waals surface area contributed by atoms with E-state index in [0.29, 0.717) is 24.1 Å². The second-order valence-corrected chi connectivity index (χ2v) is 10.6. The number of esters is 1. The molecule has 0 aliphatic rings. The monoisotopic (exact) mass is 522 g/mol. The van der Waals surface area contributed by atoms with Gasteiger partial charge in [-0.1, -0.05) is 30.3 Å². The maximum absolute atomic E-state index is 13.7. The smallest absolute Gasteiger partial charge is 0.306 e. The van der Waals surface area contributed by atoms with Crippen LogP contribution in [0.5, 0.6) is 0 Å². The van der Waals surface area contributed by atoms with E-state index in [2.05, 4.69) is 10.6 Å². The Bertz CT molecular complexity index is 1490. The van der Waals surface area contributed by atoms with Gasteiger partial charge in [-0.15, -0.1) is 0 Å². The molecule has 0 aliphatic carbocycles. The average molecular weight is 523 g/mol. The van der Waals surface area contributed by atoms with Gasteiger partial charge >= 0.3 is 5.97 Å². The van der Waals surface area contributed by atoms with Gasteiger partial charge in [0, 0.05) is 37.7 Å². The third kappa shape index (κ3) is 7.11. The van der Waals surface area contributed by atoms with Crippen molar-refractivity contribution in [3.05, 3.63) is 95.3 Å². The van der Waals surface area contributed by atoms with Crippen molar-refractivity contribution in [1.29, 1.82) is 5.26 Å². The van der Waals surface area contributed by atoms with Crippen LogP contribution in [0.25, 0.3) is 11.0 Å². The Morgan fingerprint density at radius 1 is 1.00 bits per heavy atom. The number of ether oxygens (including phenoxy) is 1. The van der Waals surface area contributed by atoms with Gasteiger partial charge in [0.05, 0.1) is 22.7 Å². The molecule has 7 heteroatoms. The minimum atomic E-state index is -0.537. The summed E-state index contributed by atoms with van der Waals surface area (Å²) in [6.45, 7) is 5.92. The lowest BCUT2D eigenvalue weighted by Gasteiger charge is -2.24. The summed E-state index contributed by atoms with van der Waals surface area (Å²) in [6.07, 6.45) is 2.26. The highest BCUT2D eigenvalue weighted by atomic mass is 16.6. The molecule has 0 aliphatic heterocycles. The average Bonchev–Trinajstić information content (AvgIpc) is 3.24. The molecule has 0 atom stereocenters. The molecule has 1 heterocycles. The number of aromatic nitrogens is 2. The molecule has 0 saturated heterocycles. The predicted octanol–water partition coefficient (Wildman–Crippen LogP) is 6.00. The first-order chi connectivity index (χ1) is 18.6. The number of carbonyl (C=O) groups excluding carboxylic acids is 2. The molecule has 4 aromatic rings. The zero-order valence-corrected chi connectivity index (χ0v) is 23.0. The molecule has 0 spiro atoms. The molecular formula is C32H34N4O3. The van der Waals surface area contributed by atoms with Crippen molar-refractivity contribution in [2.45, 2.75) is 52.1 Å². The minimum absolute atomic E-state index is 0.142. The van der Waals surface area contributed by atoms with Crippen LogP contribution in [0, 0.1) is 11.3 Å². The summed E-state index contributed by atoms with van der Waals surface area (Å²) in [7, 11) is 1.98. The van der Waals surface area contributed by atoms with Gasteiger partial charge in [-0.3, -0.25) is 9.59 Å². The summed E-state index contributed by atoms with van der Waals surface area (Å²) in [5.41, 5.74) is 4.29. The number of carbonyl (C=O) groups is 2. The number of hydrogen-bond acceptors (Lipinski definition) is 5. The molecule has 4 rings (SSSR count). The molecule has 1 amide bonds. The number of benzene rings is 3. The number of aryl methyl sites for hydroxylation is 3. The minimum Gasteiger partial charge on any atom is -0.460 e. The fourth-order valence-corrected chi connectivity index (χ4v) is 4.49. The molecule has 0 unspecified atom stereocenters. The topological polar surface area (TPSA) is 88.2 Å². The second-order valence-electron chi connectivity index (χ2n) is 10.6. The van der Waals surface area contributed by atoms with E-state index in [4.69, 9.17) is 15.0 Å². The highest BCUT2D eigenvalue weighted by molar-refractivity contribution is 6.07. The largest absolute Gasteiger partial charge is 0.460 e. The summed E-state index contributed by atoms with van der Waals surface area (Å²) in [4.78, 5) is 32.5. The summed E-state index contributed by atoms with van der Waals surface area (Å²) in [6, 6.07) is 24.8. The number of fused-ring (bicyclic) bond motifs is 1. The van der Waals surface area contributed by atoms with Gasteiger partial charge in [0.2, 0.25) is 0 Å². The van der Waals surface area contributed by atoms with E-state index >= 15 is 0 Å². The van der Waals surface area contributed by atoms with E-state index in [1.807, 2.05) is 101 Å². The van der Waals surface area contributed by atoms with Crippen molar-refractivity contribution < 1.29 is 14.3 Å². The summed E-state index contributed by atoms with van der Waals surface area (Å²) < 4.78 is 7.48. The molecule has 39 heavy (non-hydrogen) atoms. The lowest BCUT2D eigenvalue weighted by molar-refractivity contribution is -0.154. The van der Waals surface area contributed by atoms with Gasteiger partial charge in [0.25, 0.3) is 5.91 Å². The maximum atomic E-state index is 13.7. The van der Waals surface area contributed by atoms with Gasteiger partial charge < -0.3 is 14.2 Å². The van der Waals surface area contributed by atoms with Crippen molar-refractivity contribution in [2.24, 2.45) is 7.05 Å². The molecule has 0 bridgehead atoms. The van der Waals surface area contributed by atoms with Crippen LogP contribution in [0.3, 0.4) is 0 Å². The van der Waals surface area contributed by atoms with Crippen molar-refractivity contribution in [3.8, 4) is 6.07 Å². The summed E-state index contributed by atoms with van der Waals surface area (Å²) in [5.74, 6) is 0.514. The molecule has 7 nitrogen and oxygen atoms in total. The van der Waals surface area contributed by atoms with Crippen LogP contribution in [0.4, 0.5) is 5.69 Å². The van der Waals surface area contributed by atoms with Gasteiger partial charge in [-0.25, -0.2) is 4.98 Å². The summed E-state index contributed by atoms with van der Waals surface area (Å²) >= 11 is 0. The van der Waals surface area contributed by atoms with E-state index in [-0.39, 0.29) is 18.3 Å². The standard InChI is InChI=1S/C32H34N4O3/c1-32(2,3)39-30(37)11-8-20-36(26-9-6-5-7-10-26)31(38)25-17-18-28-27(21-25)34-29(35(28)4)19-16-23-12-14-24(22-33)15-13-23/h5-7,9-10,12-15,17-18,21H,8,11,16,19-20H2,1-4H3. The summed E-state index contributed by atoms with van der Waals surface area (Å²) in [5, 5.41) is 9.01. The van der Waals surface area contributed by atoms with Crippen molar-refractivity contribution in [3.63, 3.8) is 0 Å². The zero-order chi connectivity index (χ0) is 28.0. The Kier molecular flexibility index (Phi) is 8.46. The number of para-hydroxylation sites is 1. The van der Waals surface area contributed by atoms with Crippen LogP contribution < -0.4 is 4.90 Å². The first-order valence-electron chi connectivity index (χ1n) is 13.2. The highest BCUT2D eigenvalue weighted by Gasteiger charge is 2.21. The van der Waals surface area contributed by atoms with Crippen LogP contribution in [0.1, 0.15) is 60.9 Å². The van der Waals surface area contributed by atoms with E-state index in [0.717, 1.165) is 41.0 Å². The fourth-order valence-electron chi connectivity index (χ4n) is 4.49. The van der Waals surface area contributed by atoms with Crippen LogP contribution >= 0.6 is 0 Å². The molecule has 0 saturated carbocycles. The number of nitriles is 1. The number of rotatable bonds is 9. The third-order valence-electron chi connectivity index (χ3n) is 6.44. The predicted molar refractivity (Wildman–Crippen MR) is 152 cm³/mol. The molecule has 3 aromatic carbocycles. The van der Waals surface area contributed by atoms with E-state index in [1.54, 1.807) is 4.90 Å². The number of nitrogens with zero attached hydrogens (tertiary/aromatic N) is 4. The van der Waals surface area contributed by atoms with E-state index in [9.17, 15) is 9.59 Å². The van der Waals surface area contributed by atoms with E-state index in [1.165, 1.54) is 0 Å². The number of amides is 1. The van der Waals surface area contributed by atoms with Crippen molar-refractivity contribution in [2.75, 3.05) is 11.4 Å². The third-order valence-corrected chi connectivity index (χ3v) is 6.44. The molecule has 0 radical (unpaired) electrons. The first kappa shape index (κ1) is 27.6. The Morgan fingerprint density at radius 3 is 2.38 bits per heavy atom. The van der Waals surface area contributed by atoms with Gasteiger partial charge in [0.15, 0.2) is 0 Å². The Hall–Kier alpha value is -4.44. The lowest BCUT2D eigenvalue weighted by atomic mass is 10.1. The van der Waals surface area contributed by atoms with Crippen molar-refractivity contribution >= 4 is 28.6 Å². The van der Waals surface area contributed by atoms with Gasteiger partial charge in [-0.2, -0.15) is 5.26 Å². The highest BCUT2D eigenvalue weighted by Crippen LogP contribution is 2.23. The molecule has 1 aromatic heterocycles. The van der Waals surface area contributed by atoms with Crippen LogP contribution in [-0.2, 0) is 29.4 Å². The normalized spacial score (nSPS) is 11.3. The van der Waals surface area contributed by atoms with Gasteiger partial charge in [-0.05, 0) is 81.6 Å². The quantitative estimate of drug-likeness (QED) is 0.252. The Labute approximate surface area is 229 Å². The number of hydrogen-bond donors (Lipinski definition) is 0. The van der Waals surface area contributed by atoms with Crippen LogP contribution in [-0.4, -0.2) is 33.6 Å². The van der Waals surface area contributed by atoms with E-state index < -0.39 is 5.60 Å². The number of anilines is 1. The molecule has 0 fully saturated rings. The zero-order valence-electron chi connectivity index (χ0n) is 23.0. The maximum Gasteiger partial charge on any atom is 0.306 e. The fraction of sp³-hybridized carbons (Fsp3) is 0.312. The molecular weight excluding hydrogens is 488 g/mol. The second kappa shape index (κ2) is 12.0. The first-order valence-corrected chi connectivity index (χ1v) is 13.2. The Morgan fingerprint density at radius 2 is 1.72 bits per heavy atom.